The zero-order chi connectivity index (χ0) is 17.1. The highest BCUT2D eigenvalue weighted by atomic mass is 16.5. The summed E-state index contributed by atoms with van der Waals surface area (Å²) in [7, 11) is 5.89. The van der Waals surface area contributed by atoms with Crippen molar-refractivity contribution in [2.75, 3.05) is 28.4 Å². The lowest BCUT2D eigenvalue weighted by molar-refractivity contribution is 0.0600. The molecule has 6 heteroatoms. The van der Waals surface area contributed by atoms with E-state index in [0.717, 1.165) is 11.4 Å². The standard InChI is InChI=1S/C17H21NO5/c1-10-7-8-11(2)18(10)14-12(17(19)23-6)9-13(20-3)15(21-4)16(14)22-5/h7-9H,1-6H3. The predicted octanol–water partition coefficient (Wildman–Crippen LogP) is 2.91. The van der Waals surface area contributed by atoms with E-state index in [1.54, 1.807) is 6.07 Å². The molecule has 0 N–H and O–H groups in total. The highest BCUT2D eigenvalue weighted by Gasteiger charge is 2.27. The van der Waals surface area contributed by atoms with Gasteiger partial charge in [-0.05, 0) is 26.0 Å². The van der Waals surface area contributed by atoms with Gasteiger partial charge in [-0.1, -0.05) is 0 Å². The van der Waals surface area contributed by atoms with Crippen LogP contribution in [0.3, 0.4) is 0 Å². The number of esters is 1. The fourth-order valence-corrected chi connectivity index (χ4v) is 2.65. The fraction of sp³-hybridized carbons (Fsp3) is 0.353. The Morgan fingerprint density at radius 2 is 1.48 bits per heavy atom. The van der Waals surface area contributed by atoms with Crippen molar-refractivity contribution in [3.63, 3.8) is 0 Å². The molecule has 0 aliphatic rings. The van der Waals surface area contributed by atoms with Crippen LogP contribution in [-0.2, 0) is 4.74 Å². The summed E-state index contributed by atoms with van der Waals surface area (Å²) in [4.78, 5) is 12.3. The van der Waals surface area contributed by atoms with Gasteiger partial charge in [0.1, 0.15) is 5.69 Å². The quantitative estimate of drug-likeness (QED) is 0.793. The van der Waals surface area contributed by atoms with Gasteiger partial charge in [-0.15, -0.1) is 0 Å². The number of hydrogen-bond donors (Lipinski definition) is 0. The minimum Gasteiger partial charge on any atom is -0.493 e. The van der Waals surface area contributed by atoms with Gasteiger partial charge in [-0.2, -0.15) is 0 Å². The number of aryl methyl sites for hydroxylation is 2. The van der Waals surface area contributed by atoms with Crippen LogP contribution in [0.15, 0.2) is 18.2 Å². The van der Waals surface area contributed by atoms with Crippen LogP contribution in [0.2, 0.25) is 0 Å². The first-order chi connectivity index (χ1) is 11.0. The Morgan fingerprint density at radius 1 is 0.913 bits per heavy atom. The Labute approximate surface area is 135 Å². The summed E-state index contributed by atoms with van der Waals surface area (Å²) < 4.78 is 23.1. The van der Waals surface area contributed by atoms with E-state index < -0.39 is 5.97 Å². The van der Waals surface area contributed by atoms with Gasteiger partial charge in [0.05, 0.1) is 34.0 Å². The second-order valence-electron chi connectivity index (χ2n) is 4.98. The van der Waals surface area contributed by atoms with Crippen molar-refractivity contribution in [1.82, 2.24) is 4.57 Å². The second-order valence-corrected chi connectivity index (χ2v) is 4.98. The van der Waals surface area contributed by atoms with Crippen LogP contribution in [0.4, 0.5) is 0 Å². The lowest BCUT2D eigenvalue weighted by Crippen LogP contribution is -2.13. The number of methoxy groups -OCH3 is 4. The van der Waals surface area contributed by atoms with Crippen LogP contribution in [0.5, 0.6) is 17.2 Å². The SMILES string of the molecule is COC(=O)c1cc(OC)c(OC)c(OC)c1-n1c(C)ccc1C. The maximum atomic E-state index is 12.3. The molecule has 0 atom stereocenters. The Kier molecular flexibility index (Phi) is 4.83. The first kappa shape index (κ1) is 16.7. The molecule has 0 aliphatic carbocycles. The molecule has 1 heterocycles. The Balaban J connectivity index is 2.94. The number of nitrogens with zero attached hydrogens (tertiary/aromatic N) is 1. The van der Waals surface area contributed by atoms with Gasteiger partial charge in [0, 0.05) is 17.5 Å². The molecule has 2 aromatic rings. The van der Waals surface area contributed by atoms with Crippen molar-refractivity contribution in [3.8, 4) is 22.9 Å². The van der Waals surface area contributed by atoms with E-state index in [1.807, 2.05) is 30.5 Å². The molecule has 1 aromatic heterocycles. The van der Waals surface area contributed by atoms with E-state index in [4.69, 9.17) is 18.9 Å². The third-order valence-corrected chi connectivity index (χ3v) is 3.70. The van der Waals surface area contributed by atoms with Crippen molar-refractivity contribution >= 4 is 5.97 Å². The monoisotopic (exact) mass is 319 g/mol. The molecule has 23 heavy (non-hydrogen) atoms. The topological polar surface area (TPSA) is 58.9 Å². The van der Waals surface area contributed by atoms with Crippen molar-refractivity contribution in [2.24, 2.45) is 0 Å². The van der Waals surface area contributed by atoms with Gasteiger partial charge in [0.25, 0.3) is 0 Å². The Morgan fingerprint density at radius 3 is 1.91 bits per heavy atom. The van der Waals surface area contributed by atoms with Gasteiger partial charge in [-0.3, -0.25) is 0 Å². The average Bonchev–Trinajstić information content (AvgIpc) is 2.90. The first-order valence-corrected chi connectivity index (χ1v) is 7.06. The third-order valence-electron chi connectivity index (χ3n) is 3.70. The van der Waals surface area contributed by atoms with Crippen LogP contribution in [0.25, 0.3) is 5.69 Å². The molecule has 0 spiro atoms. The molecular weight excluding hydrogens is 298 g/mol. The average molecular weight is 319 g/mol. The smallest absolute Gasteiger partial charge is 0.340 e. The van der Waals surface area contributed by atoms with Gasteiger partial charge in [-0.25, -0.2) is 4.79 Å². The van der Waals surface area contributed by atoms with Crippen LogP contribution >= 0.6 is 0 Å². The summed E-state index contributed by atoms with van der Waals surface area (Å²) in [5.74, 6) is 0.752. The third kappa shape index (κ3) is 2.72. The molecule has 0 fully saturated rings. The Hall–Kier alpha value is -2.63. The van der Waals surface area contributed by atoms with Crippen molar-refractivity contribution in [3.05, 3.63) is 35.2 Å². The van der Waals surface area contributed by atoms with Crippen molar-refractivity contribution < 1.29 is 23.7 Å². The summed E-state index contributed by atoms with van der Waals surface area (Å²) in [5.41, 5.74) is 2.82. The molecule has 1 aromatic carbocycles. The van der Waals surface area contributed by atoms with E-state index in [0.29, 0.717) is 28.5 Å². The zero-order valence-corrected chi connectivity index (χ0v) is 14.2. The normalized spacial score (nSPS) is 10.3. The first-order valence-electron chi connectivity index (χ1n) is 7.06. The Bertz CT molecular complexity index is 714. The van der Waals surface area contributed by atoms with E-state index in [-0.39, 0.29) is 0 Å². The summed E-state index contributed by atoms with van der Waals surface area (Å²) in [5, 5.41) is 0. The fourth-order valence-electron chi connectivity index (χ4n) is 2.65. The van der Waals surface area contributed by atoms with E-state index in [2.05, 4.69) is 0 Å². The molecular formula is C17H21NO5. The lowest BCUT2D eigenvalue weighted by Gasteiger charge is -2.21. The summed E-state index contributed by atoms with van der Waals surface area (Å²) in [6, 6.07) is 5.53. The maximum absolute atomic E-state index is 12.3. The maximum Gasteiger partial charge on any atom is 0.340 e. The van der Waals surface area contributed by atoms with E-state index in [9.17, 15) is 4.79 Å². The number of carbonyl (C=O) groups excluding carboxylic acids is 1. The molecule has 0 saturated heterocycles. The number of hydrogen-bond acceptors (Lipinski definition) is 5. The number of ether oxygens (including phenoxy) is 4. The van der Waals surface area contributed by atoms with Gasteiger partial charge >= 0.3 is 5.97 Å². The molecule has 6 nitrogen and oxygen atoms in total. The predicted molar refractivity (Wildman–Crippen MR) is 86.2 cm³/mol. The van der Waals surface area contributed by atoms with Gasteiger partial charge < -0.3 is 23.5 Å². The van der Waals surface area contributed by atoms with Gasteiger partial charge in [0.15, 0.2) is 11.5 Å². The molecule has 0 bridgehead atoms. The van der Waals surface area contributed by atoms with Crippen LogP contribution < -0.4 is 14.2 Å². The molecule has 2 rings (SSSR count). The molecule has 0 aliphatic heterocycles. The highest BCUT2D eigenvalue weighted by Crippen LogP contribution is 2.44. The molecule has 0 radical (unpaired) electrons. The van der Waals surface area contributed by atoms with Crippen molar-refractivity contribution in [2.45, 2.75) is 13.8 Å². The van der Waals surface area contributed by atoms with E-state index >= 15 is 0 Å². The summed E-state index contributed by atoms with van der Waals surface area (Å²) in [6.07, 6.45) is 0. The van der Waals surface area contributed by atoms with Crippen LogP contribution in [-0.4, -0.2) is 39.0 Å². The molecule has 0 amide bonds. The lowest BCUT2D eigenvalue weighted by atomic mass is 10.1. The van der Waals surface area contributed by atoms with Crippen LogP contribution in [0, 0.1) is 13.8 Å². The second kappa shape index (κ2) is 6.64. The highest BCUT2D eigenvalue weighted by molar-refractivity contribution is 5.96. The number of benzene rings is 1. The minimum absolute atomic E-state index is 0.337. The molecule has 124 valence electrons. The van der Waals surface area contributed by atoms with Crippen molar-refractivity contribution in [1.29, 1.82) is 0 Å². The largest absolute Gasteiger partial charge is 0.493 e. The number of rotatable bonds is 5. The zero-order valence-electron chi connectivity index (χ0n) is 14.2. The number of carbonyl (C=O) groups is 1. The number of aromatic nitrogens is 1. The summed E-state index contributed by atoms with van der Waals surface area (Å²) in [6.45, 7) is 3.90. The molecule has 0 unspecified atom stereocenters. The summed E-state index contributed by atoms with van der Waals surface area (Å²) >= 11 is 0. The minimum atomic E-state index is -0.480. The van der Waals surface area contributed by atoms with Gasteiger partial charge in [0.2, 0.25) is 5.75 Å². The van der Waals surface area contributed by atoms with E-state index in [1.165, 1.54) is 28.4 Å². The van der Waals surface area contributed by atoms with Crippen LogP contribution in [0.1, 0.15) is 21.7 Å². The molecule has 0 saturated carbocycles.